The summed E-state index contributed by atoms with van der Waals surface area (Å²) in [5.41, 5.74) is 0.734. The molecule has 0 saturated carbocycles. The Bertz CT molecular complexity index is 438. The minimum absolute atomic E-state index is 0.0895. The van der Waals surface area contributed by atoms with Crippen LogP contribution in [0.25, 0.3) is 0 Å². The molecule has 0 aromatic heterocycles. The summed E-state index contributed by atoms with van der Waals surface area (Å²) >= 11 is 17.3. The van der Waals surface area contributed by atoms with Crippen LogP contribution >= 0.6 is 34.8 Å². The third-order valence-electron chi connectivity index (χ3n) is 2.11. The summed E-state index contributed by atoms with van der Waals surface area (Å²) in [6, 6.07) is 6.92. The van der Waals surface area contributed by atoms with E-state index in [0.29, 0.717) is 16.6 Å². The average Bonchev–Trinajstić information content (AvgIpc) is 2.47. The summed E-state index contributed by atoms with van der Waals surface area (Å²) < 4.78 is 0. The molecule has 0 atom stereocenters. The third kappa shape index (κ3) is 1.98. The van der Waals surface area contributed by atoms with Gasteiger partial charge in [-0.1, -0.05) is 34.8 Å². The molecule has 15 heavy (non-hydrogen) atoms. The molecular formula is C10H6Cl3NO. The Morgan fingerprint density at radius 2 is 1.67 bits per heavy atom. The fraction of sp³-hybridized carbons (Fsp3) is 0.100. The number of rotatable bonds is 1. The van der Waals surface area contributed by atoms with Crippen molar-refractivity contribution < 1.29 is 4.79 Å². The van der Waals surface area contributed by atoms with Gasteiger partial charge in [0.15, 0.2) is 0 Å². The van der Waals surface area contributed by atoms with Gasteiger partial charge in [0.25, 0.3) is 5.91 Å². The van der Waals surface area contributed by atoms with Gasteiger partial charge in [0.05, 0.1) is 11.6 Å². The number of anilines is 1. The molecule has 1 aliphatic heterocycles. The van der Waals surface area contributed by atoms with E-state index in [9.17, 15) is 4.79 Å². The lowest BCUT2D eigenvalue weighted by molar-refractivity contribution is -0.114. The van der Waals surface area contributed by atoms with Crippen LogP contribution in [0.1, 0.15) is 0 Å². The maximum Gasteiger partial charge on any atom is 0.271 e. The summed E-state index contributed by atoms with van der Waals surface area (Å²) in [5, 5.41) is 1.08. The van der Waals surface area contributed by atoms with Crippen LogP contribution in [-0.2, 0) is 4.79 Å². The topological polar surface area (TPSA) is 20.3 Å². The second-order valence-electron chi connectivity index (χ2n) is 3.09. The van der Waals surface area contributed by atoms with Crippen molar-refractivity contribution in [1.82, 2.24) is 0 Å². The van der Waals surface area contributed by atoms with Crippen molar-refractivity contribution in [2.45, 2.75) is 0 Å². The molecule has 1 aromatic rings. The molecule has 0 radical (unpaired) electrons. The van der Waals surface area contributed by atoms with E-state index in [0.717, 1.165) is 5.69 Å². The maximum atomic E-state index is 11.6. The summed E-state index contributed by atoms with van der Waals surface area (Å²) in [6.45, 7) is 0.320. The minimum Gasteiger partial charge on any atom is -0.302 e. The van der Waals surface area contributed by atoms with Crippen LogP contribution < -0.4 is 4.90 Å². The van der Waals surface area contributed by atoms with Crippen molar-refractivity contribution in [1.29, 1.82) is 0 Å². The van der Waals surface area contributed by atoms with E-state index in [1.165, 1.54) is 4.90 Å². The molecule has 78 valence electrons. The van der Waals surface area contributed by atoms with Gasteiger partial charge in [-0.15, -0.1) is 0 Å². The Kier molecular flexibility index (Phi) is 2.91. The maximum absolute atomic E-state index is 11.6. The van der Waals surface area contributed by atoms with Gasteiger partial charge in [-0.3, -0.25) is 4.79 Å². The van der Waals surface area contributed by atoms with Crippen molar-refractivity contribution in [3.05, 3.63) is 39.4 Å². The predicted molar refractivity (Wildman–Crippen MR) is 62.5 cm³/mol. The average molecular weight is 263 g/mol. The van der Waals surface area contributed by atoms with Gasteiger partial charge in [-0.05, 0) is 24.3 Å². The van der Waals surface area contributed by atoms with E-state index in [2.05, 4.69) is 0 Å². The molecule has 1 aliphatic rings. The smallest absolute Gasteiger partial charge is 0.271 e. The lowest BCUT2D eigenvalue weighted by Crippen LogP contribution is -2.25. The van der Waals surface area contributed by atoms with E-state index >= 15 is 0 Å². The summed E-state index contributed by atoms with van der Waals surface area (Å²) in [4.78, 5) is 13.1. The quantitative estimate of drug-likeness (QED) is 0.760. The SMILES string of the molecule is O=C1C(Cl)=C(Cl)CN1c1ccc(Cl)cc1. The number of hydrogen-bond acceptors (Lipinski definition) is 1. The van der Waals surface area contributed by atoms with Gasteiger partial charge < -0.3 is 4.90 Å². The van der Waals surface area contributed by atoms with Gasteiger partial charge in [-0.25, -0.2) is 0 Å². The molecule has 1 aromatic carbocycles. The zero-order valence-electron chi connectivity index (χ0n) is 7.51. The predicted octanol–water partition coefficient (Wildman–Crippen LogP) is 3.38. The van der Waals surface area contributed by atoms with Gasteiger partial charge in [0, 0.05) is 10.7 Å². The number of halogens is 3. The number of amides is 1. The fourth-order valence-electron chi connectivity index (χ4n) is 1.34. The molecule has 1 heterocycles. The monoisotopic (exact) mass is 261 g/mol. The first kappa shape index (κ1) is 10.8. The standard InChI is InChI=1S/C10H6Cl3NO/c11-6-1-3-7(4-2-6)14-5-8(12)9(13)10(14)15/h1-4H,5H2. The number of hydrogen-bond donors (Lipinski definition) is 0. The van der Waals surface area contributed by atoms with E-state index in [-0.39, 0.29) is 10.9 Å². The molecule has 0 aliphatic carbocycles. The first-order valence-electron chi connectivity index (χ1n) is 4.21. The van der Waals surface area contributed by atoms with Crippen LogP contribution in [-0.4, -0.2) is 12.5 Å². The van der Waals surface area contributed by atoms with Crippen LogP contribution in [0.15, 0.2) is 34.3 Å². The first-order chi connectivity index (χ1) is 7.09. The fourth-order valence-corrected chi connectivity index (χ4v) is 1.83. The van der Waals surface area contributed by atoms with Crippen molar-refractivity contribution >= 4 is 46.4 Å². The molecular weight excluding hydrogens is 256 g/mol. The minimum atomic E-state index is -0.274. The molecule has 5 heteroatoms. The highest BCUT2D eigenvalue weighted by Gasteiger charge is 2.29. The van der Waals surface area contributed by atoms with Crippen molar-refractivity contribution in [2.24, 2.45) is 0 Å². The van der Waals surface area contributed by atoms with E-state index in [1.807, 2.05) is 0 Å². The van der Waals surface area contributed by atoms with Crippen LogP contribution in [0.3, 0.4) is 0 Å². The normalized spacial score (nSPS) is 16.5. The summed E-state index contributed by atoms with van der Waals surface area (Å²) in [7, 11) is 0. The highest BCUT2D eigenvalue weighted by atomic mass is 35.5. The highest BCUT2D eigenvalue weighted by Crippen LogP contribution is 2.30. The van der Waals surface area contributed by atoms with Crippen LogP contribution in [0, 0.1) is 0 Å². The number of benzene rings is 1. The lowest BCUT2D eigenvalue weighted by Gasteiger charge is -2.15. The van der Waals surface area contributed by atoms with Crippen LogP contribution in [0.5, 0.6) is 0 Å². The van der Waals surface area contributed by atoms with E-state index in [1.54, 1.807) is 24.3 Å². The number of carbonyl (C=O) groups is 1. The molecule has 2 rings (SSSR count). The lowest BCUT2D eigenvalue weighted by atomic mass is 10.3. The van der Waals surface area contributed by atoms with Crippen molar-refractivity contribution in [2.75, 3.05) is 11.4 Å². The van der Waals surface area contributed by atoms with Crippen molar-refractivity contribution in [3.8, 4) is 0 Å². The first-order valence-corrected chi connectivity index (χ1v) is 5.34. The summed E-state index contributed by atoms with van der Waals surface area (Å²) in [5.74, 6) is -0.274. The van der Waals surface area contributed by atoms with Gasteiger partial charge >= 0.3 is 0 Å². The molecule has 2 nitrogen and oxygen atoms in total. The van der Waals surface area contributed by atoms with E-state index in [4.69, 9.17) is 34.8 Å². The summed E-state index contributed by atoms with van der Waals surface area (Å²) in [6.07, 6.45) is 0. The van der Waals surface area contributed by atoms with Crippen molar-refractivity contribution in [3.63, 3.8) is 0 Å². The highest BCUT2D eigenvalue weighted by molar-refractivity contribution is 6.51. The van der Waals surface area contributed by atoms with E-state index < -0.39 is 0 Å². The number of carbonyl (C=O) groups excluding carboxylic acids is 1. The second-order valence-corrected chi connectivity index (χ2v) is 4.36. The van der Waals surface area contributed by atoms with Gasteiger partial charge in [-0.2, -0.15) is 0 Å². The Hall–Kier alpha value is -0.700. The Labute approximate surface area is 102 Å². The molecule has 0 bridgehead atoms. The van der Waals surface area contributed by atoms with Crippen LogP contribution in [0.2, 0.25) is 5.02 Å². The molecule has 0 spiro atoms. The van der Waals surface area contributed by atoms with Gasteiger partial charge in [0.1, 0.15) is 5.03 Å². The Morgan fingerprint density at radius 3 is 2.13 bits per heavy atom. The Balaban J connectivity index is 2.29. The molecule has 0 unspecified atom stereocenters. The second kappa shape index (κ2) is 4.05. The largest absolute Gasteiger partial charge is 0.302 e. The molecule has 0 fully saturated rings. The third-order valence-corrected chi connectivity index (χ3v) is 3.15. The Morgan fingerprint density at radius 1 is 1.07 bits per heavy atom. The zero-order valence-corrected chi connectivity index (χ0v) is 9.77. The molecule has 0 saturated heterocycles. The molecule has 0 N–H and O–H groups in total. The molecule has 1 amide bonds. The van der Waals surface area contributed by atoms with Crippen LogP contribution in [0.4, 0.5) is 5.69 Å². The zero-order chi connectivity index (χ0) is 11.0. The number of nitrogens with zero attached hydrogens (tertiary/aromatic N) is 1. The van der Waals surface area contributed by atoms with Gasteiger partial charge in [0.2, 0.25) is 0 Å².